The number of carbonyl (C=O) groups is 1. The van der Waals surface area contributed by atoms with E-state index in [1.54, 1.807) is 4.90 Å². The van der Waals surface area contributed by atoms with Crippen LogP contribution < -0.4 is 16.2 Å². The fourth-order valence-corrected chi connectivity index (χ4v) is 3.82. The number of nitrogens with zero attached hydrogens (tertiary/aromatic N) is 3. The number of hydrogen-bond acceptors (Lipinski definition) is 6. The van der Waals surface area contributed by atoms with Crippen LogP contribution in [0.3, 0.4) is 0 Å². The highest BCUT2D eigenvalue weighted by molar-refractivity contribution is 5.92. The average molecular weight is 334 g/mol. The zero-order chi connectivity index (χ0) is 17.3. The number of nitrogens with one attached hydrogen (secondary N) is 3. The fraction of sp³-hybridized carbons (Fsp3) is 0.600. The Balaban J connectivity index is 1.76. The minimum atomic E-state index is -0.543. The molecule has 0 saturated carbocycles. The Morgan fingerprint density at radius 1 is 1.42 bits per heavy atom. The molecule has 3 rings (SSSR count). The van der Waals surface area contributed by atoms with E-state index in [-0.39, 0.29) is 35.5 Å². The van der Waals surface area contributed by atoms with E-state index in [2.05, 4.69) is 35.0 Å². The van der Waals surface area contributed by atoms with Gasteiger partial charge in [-0.15, -0.1) is 0 Å². The van der Waals surface area contributed by atoms with E-state index in [9.17, 15) is 14.9 Å². The molecule has 3 unspecified atom stereocenters. The molecular weight excluding hydrogens is 312 g/mol. The third kappa shape index (κ3) is 3.04. The lowest BCUT2D eigenvalue weighted by molar-refractivity contribution is -0.384. The van der Waals surface area contributed by atoms with Crippen LogP contribution in [0.2, 0.25) is 0 Å². The number of amides is 2. The van der Waals surface area contributed by atoms with Crippen molar-refractivity contribution in [2.24, 2.45) is 5.92 Å². The number of pyridine rings is 1. The molecule has 24 heavy (non-hydrogen) atoms. The standard InChI is InChI=1S/C15H22N6O3/c1-9-14(10(2)19-18-9)12-4-3-7-20(12)15(22)17-11-5-6-16-8-13(11)21(23)24/h5-6,8-10,12,14,18-19H,3-4,7H2,1-2H3,(H,16,17,22). The van der Waals surface area contributed by atoms with Crippen LogP contribution in [0.1, 0.15) is 26.7 Å². The van der Waals surface area contributed by atoms with Gasteiger partial charge in [0.05, 0.1) is 4.92 Å². The smallest absolute Gasteiger partial charge is 0.321 e. The largest absolute Gasteiger partial charge is 0.322 e. The molecule has 0 aromatic carbocycles. The number of urea groups is 1. The van der Waals surface area contributed by atoms with Crippen molar-refractivity contribution in [1.82, 2.24) is 20.7 Å². The molecule has 9 nitrogen and oxygen atoms in total. The van der Waals surface area contributed by atoms with Crippen LogP contribution in [0.4, 0.5) is 16.2 Å². The van der Waals surface area contributed by atoms with E-state index in [0.29, 0.717) is 12.5 Å². The third-order valence-corrected chi connectivity index (χ3v) is 4.94. The van der Waals surface area contributed by atoms with Gasteiger partial charge in [0.25, 0.3) is 0 Å². The molecule has 3 heterocycles. The predicted molar refractivity (Wildman–Crippen MR) is 88.3 cm³/mol. The van der Waals surface area contributed by atoms with E-state index < -0.39 is 4.92 Å². The van der Waals surface area contributed by atoms with Gasteiger partial charge < -0.3 is 10.2 Å². The summed E-state index contributed by atoms with van der Waals surface area (Å²) >= 11 is 0. The summed E-state index contributed by atoms with van der Waals surface area (Å²) in [5.41, 5.74) is 6.42. The van der Waals surface area contributed by atoms with E-state index in [1.807, 2.05) is 0 Å². The van der Waals surface area contributed by atoms with Gasteiger partial charge in [-0.1, -0.05) is 0 Å². The zero-order valence-electron chi connectivity index (χ0n) is 13.7. The van der Waals surface area contributed by atoms with Gasteiger partial charge in [-0.2, -0.15) is 0 Å². The van der Waals surface area contributed by atoms with Crippen molar-refractivity contribution >= 4 is 17.4 Å². The molecule has 2 aliphatic heterocycles. The highest BCUT2D eigenvalue weighted by Gasteiger charge is 2.42. The Morgan fingerprint density at radius 3 is 2.79 bits per heavy atom. The van der Waals surface area contributed by atoms with Crippen molar-refractivity contribution in [3.8, 4) is 0 Å². The lowest BCUT2D eigenvalue weighted by atomic mass is 9.87. The van der Waals surface area contributed by atoms with Gasteiger partial charge in [0.15, 0.2) is 0 Å². The minimum absolute atomic E-state index is 0.110. The van der Waals surface area contributed by atoms with E-state index >= 15 is 0 Å². The van der Waals surface area contributed by atoms with Gasteiger partial charge in [0, 0.05) is 36.8 Å². The summed E-state index contributed by atoms with van der Waals surface area (Å²) in [6.45, 7) is 4.86. The van der Waals surface area contributed by atoms with Crippen molar-refractivity contribution in [2.45, 2.75) is 44.8 Å². The number of aromatic nitrogens is 1. The molecular formula is C15H22N6O3. The molecule has 1 aromatic rings. The number of likely N-dealkylation sites (tertiary alicyclic amines) is 1. The van der Waals surface area contributed by atoms with Gasteiger partial charge in [0.1, 0.15) is 11.9 Å². The normalized spacial score (nSPS) is 29.7. The number of hydrazine groups is 1. The molecule has 2 fully saturated rings. The molecule has 3 atom stereocenters. The monoisotopic (exact) mass is 334 g/mol. The number of hydrogen-bond donors (Lipinski definition) is 3. The molecule has 1 aromatic heterocycles. The predicted octanol–water partition coefficient (Wildman–Crippen LogP) is 1.49. The van der Waals surface area contributed by atoms with Crippen LogP contribution in [-0.4, -0.2) is 45.5 Å². The Morgan fingerprint density at radius 2 is 2.12 bits per heavy atom. The number of rotatable bonds is 3. The summed E-state index contributed by atoms with van der Waals surface area (Å²) in [4.78, 5) is 28.8. The van der Waals surface area contributed by atoms with Crippen molar-refractivity contribution < 1.29 is 9.72 Å². The van der Waals surface area contributed by atoms with Crippen molar-refractivity contribution in [3.63, 3.8) is 0 Å². The summed E-state index contributed by atoms with van der Waals surface area (Å²) in [6.07, 6.45) is 4.45. The second-order valence-corrected chi connectivity index (χ2v) is 6.43. The first kappa shape index (κ1) is 16.6. The molecule has 0 radical (unpaired) electrons. The molecule has 2 amide bonds. The summed E-state index contributed by atoms with van der Waals surface area (Å²) in [5.74, 6) is 0.297. The van der Waals surface area contributed by atoms with Crippen LogP contribution in [-0.2, 0) is 0 Å². The van der Waals surface area contributed by atoms with E-state index in [4.69, 9.17) is 0 Å². The lowest BCUT2D eigenvalue weighted by Crippen LogP contribution is -2.47. The number of carbonyl (C=O) groups excluding carboxylic acids is 1. The highest BCUT2D eigenvalue weighted by Crippen LogP contribution is 2.31. The summed E-state index contributed by atoms with van der Waals surface area (Å²) in [6, 6.07) is 1.78. The van der Waals surface area contributed by atoms with Crippen LogP contribution in [0, 0.1) is 16.0 Å². The summed E-state index contributed by atoms with van der Waals surface area (Å²) < 4.78 is 0. The molecule has 0 spiro atoms. The summed E-state index contributed by atoms with van der Waals surface area (Å²) in [5, 5.41) is 13.7. The Hall–Kier alpha value is -2.26. The van der Waals surface area contributed by atoms with Gasteiger partial charge >= 0.3 is 11.7 Å². The van der Waals surface area contributed by atoms with Crippen LogP contribution in [0.5, 0.6) is 0 Å². The molecule has 2 aliphatic rings. The van der Waals surface area contributed by atoms with Crippen LogP contribution in [0.25, 0.3) is 0 Å². The molecule has 0 bridgehead atoms. The van der Waals surface area contributed by atoms with Crippen LogP contribution >= 0.6 is 0 Å². The first-order chi connectivity index (χ1) is 11.5. The molecule has 9 heteroatoms. The average Bonchev–Trinajstić information content (AvgIpc) is 3.14. The first-order valence-electron chi connectivity index (χ1n) is 8.16. The van der Waals surface area contributed by atoms with E-state index in [0.717, 1.165) is 19.0 Å². The van der Waals surface area contributed by atoms with E-state index in [1.165, 1.54) is 12.3 Å². The van der Waals surface area contributed by atoms with Crippen molar-refractivity contribution in [1.29, 1.82) is 0 Å². The molecule has 2 saturated heterocycles. The Labute approximate surface area is 139 Å². The van der Waals surface area contributed by atoms with Gasteiger partial charge in [-0.05, 0) is 32.8 Å². The Kier molecular flexibility index (Phi) is 4.63. The van der Waals surface area contributed by atoms with Gasteiger partial charge in [-0.3, -0.25) is 25.9 Å². The maximum Gasteiger partial charge on any atom is 0.322 e. The maximum atomic E-state index is 12.7. The second kappa shape index (κ2) is 6.70. The lowest BCUT2D eigenvalue weighted by Gasteiger charge is -2.33. The minimum Gasteiger partial charge on any atom is -0.321 e. The van der Waals surface area contributed by atoms with Crippen molar-refractivity contribution in [3.05, 3.63) is 28.6 Å². The quantitative estimate of drug-likeness (QED) is 0.570. The maximum absolute atomic E-state index is 12.7. The number of nitro groups is 1. The third-order valence-electron chi connectivity index (χ3n) is 4.94. The van der Waals surface area contributed by atoms with Gasteiger partial charge in [0.2, 0.25) is 0 Å². The topological polar surface area (TPSA) is 112 Å². The summed E-state index contributed by atoms with van der Waals surface area (Å²) in [7, 11) is 0. The van der Waals surface area contributed by atoms with Crippen LogP contribution in [0.15, 0.2) is 18.5 Å². The van der Waals surface area contributed by atoms with Gasteiger partial charge in [-0.25, -0.2) is 4.79 Å². The molecule has 130 valence electrons. The SMILES string of the molecule is CC1NNC(C)C1C1CCCN1C(=O)Nc1ccncc1[N+](=O)[O-]. The Bertz CT molecular complexity index is 629. The molecule has 3 N–H and O–H groups in total. The second-order valence-electron chi connectivity index (χ2n) is 6.43. The molecule has 0 aliphatic carbocycles. The highest BCUT2D eigenvalue weighted by atomic mass is 16.6. The van der Waals surface area contributed by atoms with Crippen molar-refractivity contribution in [2.75, 3.05) is 11.9 Å². The zero-order valence-corrected chi connectivity index (χ0v) is 13.7. The fourth-order valence-electron chi connectivity index (χ4n) is 3.82. The first-order valence-corrected chi connectivity index (χ1v) is 8.16. The number of anilines is 1.